The molecule has 1 N–H and O–H groups in total. The van der Waals surface area contributed by atoms with E-state index in [0.29, 0.717) is 34.7 Å². The summed E-state index contributed by atoms with van der Waals surface area (Å²) in [4.78, 5) is 0. The van der Waals surface area contributed by atoms with Crippen LogP contribution in [0.25, 0.3) is 0 Å². The summed E-state index contributed by atoms with van der Waals surface area (Å²) in [6.07, 6.45) is 0.825. The van der Waals surface area contributed by atoms with Gasteiger partial charge >= 0.3 is 0 Å². The molecule has 3 aromatic rings. The van der Waals surface area contributed by atoms with Crippen molar-refractivity contribution in [2.45, 2.75) is 26.5 Å². The van der Waals surface area contributed by atoms with Gasteiger partial charge in [0.15, 0.2) is 11.5 Å². The Balaban J connectivity index is 1.59. The lowest BCUT2D eigenvalue weighted by molar-refractivity contribution is 0.282. The third-order valence-corrected chi connectivity index (χ3v) is 5.85. The van der Waals surface area contributed by atoms with Crippen molar-refractivity contribution in [3.63, 3.8) is 0 Å². The van der Waals surface area contributed by atoms with E-state index < -0.39 is 0 Å². The third-order valence-electron chi connectivity index (χ3n) is 4.67. The number of ether oxygens (including phenoxy) is 2. The molecule has 0 radical (unpaired) electrons. The summed E-state index contributed by atoms with van der Waals surface area (Å²) in [5.74, 6) is 1.41. The lowest BCUT2D eigenvalue weighted by Crippen LogP contribution is -2.17. The Labute approximate surface area is 196 Å². The first kappa shape index (κ1) is 23.0. The van der Waals surface area contributed by atoms with Gasteiger partial charge in [-0.25, -0.2) is 0 Å². The van der Waals surface area contributed by atoms with E-state index in [1.54, 1.807) is 13.2 Å². The first-order valence-corrected chi connectivity index (χ1v) is 11.2. The number of methoxy groups -OCH3 is 1. The van der Waals surface area contributed by atoms with Crippen molar-refractivity contribution >= 4 is 39.1 Å². The van der Waals surface area contributed by atoms with Crippen molar-refractivity contribution in [1.29, 1.82) is 0 Å². The molecule has 158 valence electrons. The normalized spacial score (nSPS) is 10.8. The Morgan fingerprint density at radius 2 is 1.83 bits per heavy atom. The first-order chi connectivity index (χ1) is 14.5. The van der Waals surface area contributed by atoms with E-state index in [2.05, 4.69) is 52.4 Å². The van der Waals surface area contributed by atoms with E-state index in [1.165, 1.54) is 5.56 Å². The number of aryl methyl sites for hydroxylation is 1. The predicted molar refractivity (Wildman–Crippen MR) is 128 cm³/mol. The molecule has 0 spiro atoms. The van der Waals surface area contributed by atoms with Crippen molar-refractivity contribution in [2.24, 2.45) is 0 Å². The van der Waals surface area contributed by atoms with E-state index in [0.717, 1.165) is 34.1 Å². The van der Waals surface area contributed by atoms with Gasteiger partial charge in [0.25, 0.3) is 0 Å². The quantitative estimate of drug-likeness (QED) is 0.316. The maximum absolute atomic E-state index is 6.24. The molecular formula is C24H24BrCl2NO2. The molecule has 0 fully saturated rings. The number of halogens is 3. The van der Waals surface area contributed by atoms with Gasteiger partial charge in [0.05, 0.1) is 11.6 Å². The molecule has 6 heteroatoms. The highest BCUT2D eigenvalue weighted by molar-refractivity contribution is 9.10. The third kappa shape index (κ3) is 6.39. The van der Waals surface area contributed by atoms with Gasteiger partial charge in [0, 0.05) is 16.6 Å². The maximum Gasteiger partial charge on any atom is 0.175 e. The van der Waals surface area contributed by atoms with Gasteiger partial charge in [-0.1, -0.05) is 59.1 Å². The van der Waals surface area contributed by atoms with Crippen LogP contribution in [0.15, 0.2) is 59.1 Å². The van der Waals surface area contributed by atoms with Crippen LogP contribution >= 0.6 is 39.1 Å². The molecule has 0 aromatic heterocycles. The van der Waals surface area contributed by atoms with E-state index in [4.69, 9.17) is 32.7 Å². The molecule has 30 heavy (non-hydrogen) atoms. The lowest BCUT2D eigenvalue weighted by Gasteiger charge is -2.15. The van der Waals surface area contributed by atoms with Gasteiger partial charge in [-0.15, -0.1) is 0 Å². The Morgan fingerprint density at radius 1 is 1.00 bits per heavy atom. The fourth-order valence-electron chi connectivity index (χ4n) is 3.15. The molecule has 0 atom stereocenters. The Bertz CT molecular complexity index is 1010. The van der Waals surface area contributed by atoms with Crippen LogP contribution in [0.2, 0.25) is 10.0 Å². The van der Waals surface area contributed by atoms with Crippen molar-refractivity contribution in [2.75, 3.05) is 13.7 Å². The van der Waals surface area contributed by atoms with E-state index >= 15 is 0 Å². The highest BCUT2D eigenvalue weighted by atomic mass is 79.9. The molecule has 0 saturated carbocycles. The van der Waals surface area contributed by atoms with Crippen LogP contribution in [0.1, 0.15) is 22.3 Å². The summed E-state index contributed by atoms with van der Waals surface area (Å²) in [5.41, 5.74) is 4.51. The van der Waals surface area contributed by atoms with Crippen LogP contribution in [0.5, 0.6) is 11.5 Å². The summed E-state index contributed by atoms with van der Waals surface area (Å²) in [7, 11) is 1.65. The summed E-state index contributed by atoms with van der Waals surface area (Å²) in [6, 6.07) is 17.9. The van der Waals surface area contributed by atoms with Crippen LogP contribution in [0, 0.1) is 6.92 Å². The van der Waals surface area contributed by atoms with Gasteiger partial charge in [-0.05, 0) is 76.8 Å². The number of rotatable bonds is 9. The van der Waals surface area contributed by atoms with Crippen LogP contribution < -0.4 is 14.8 Å². The highest BCUT2D eigenvalue weighted by Gasteiger charge is 2.12. The van der Waals surface area contributed by atoms with Gasteiger partial charge in [-0.3, -0.25) is 0 Å². The van der Waals surface area contributed by atoms with Crippen LogP contribution in [0.3, 0.4) is 0 Å². The molecule has 3 rings (SSSR count). The van der Waals surface area contributed by atoms with E-state index in [1.807, 2.05) is 24.3 Å². The zero-order valence-corrected chi connectivity index (χ0v) is 20.1. The van der Waals surface area contributed by atoms with Crippen molar-refractivity contribution in [3.8, 4) is 11.5 Å². The smallest absolute Gasteiger partial charge is 0.175 e. The summed E-state index contributed by atoms with van der Waals surface area (Å²) in [5, 5.41) is 4.79. The zero-order valence-electron chi connectivity index (χ0n) is 17.0. The average Bonchev–Trinajstić information content (AvgIpc) is 2.71. The van der Waals surface area contributed by atoms with Crippen LogP contribution in [0.4, 0.5) is 0 Å². The standard InChI is InChI=1S/C24H24BrCl2NO2/c1-16-4-3-5-17(10-16)15-30-24-21(25)11-18(12-23(24)29-2)14-28-9-8-19-6-7-20(26)13-22(19)27/h3-7,10-13,28H,8-9,14-15H2,1-2H3. The minimum atomic E-state index is 0.482. The van der Waals surface area contributed by atoms with Gasteiger partial charge in [0.2, 0.25) is 0 Å². The Morgan fingerprint density at radius 3 is 2.57 bits per heavy atom. The minimum Gasteiger partial charge on any atom is -0.493 e. The molecule has 3 nitrogen and oxygen atoms in total. The molecule has 0 amide bonds. The van der Waals surface area contributed by atoms with E-state index in [-0.39, 0.29) is 0 Å². The zero-order chi connectivity index (χ0) is 21.5. The lowest BCUT2D eigenvalue weighted by atomic mass is 10.1. The van der Waals surface area contributed by atoms with E-state index in [9.17, 15) is 0 Å². The molecular weight excluding hydrogens is 485 g/mol. The average molecular weight is 509 g/mol. The Hall–Kier alpha value is -1.72. The Kier molecular flexibility index (Phi) is 8.46. The molecule has 0 aliphatic heterocycles. The van der Waals surface area contributed by atoms with Crippen LogP contribution in [-0.2, 0) is 19.6 Å². The molecule has 0 unspecified atom stereocenters. The largest absolute Gasteiger partial charge is 0.493 e. The maximum atomic E-state index is 6.24. The summed E-state index contributed by atoms with van der Waals surface area (Å²) >= 11 is 15.8. The summed E-state index contributed by atoms with van der Waals surface area (Å²) in [6.45, 7) is 4.06. The van der Waals surface area contributed by atoms with Crippen LogP contribution in [-0.4, -0.2) is 13.7 Å². The van der Waals surface area contributed by atoms with Crippen molar-refractivity contribution in [3.05, 3.63) is 91.4 Å². The van der Waals surface area contributed by atoms with Crippen molar-refractivity contribution < 1.29 is 9.47 Å². The molecule has 0 aliphatic rings. The number of nitrogens with one attached hydrogen (secondary N) is 1. The second-order valence-corrected chi connectivity index (χ2v) is 8.75. The molecule has 0 saturated heterocycles. The number of hydrogen-bond donors (Lipinski definition) is 1. The second-order valence-electron chi connectivity index (χ2n) is 7.05. The SMILES string of the molecule is COc1cc(CNCCc2ccc(Cl)cc2Cl)cc(Br)c1OCc1cccc(C)c1. The molecule has 0 aliphatic carbocycles. The highest BCUT2D eigenvalue weighted by Crippen LogP contribution is 2.37. The second kappa shape index (κ2) is 11.1. The fourth-order valence-corrected chi connectivity index (χ4v) is 4.26. The molecule has 0 bridgehead atoms. The van der Waals surface area contributed by atoms with Gasteiger partial charge in [0.1, 0.15) is 6.61 Å². The minimum absolute atomic E-state index is 0.482. The summed E-state index contributed by atoms with van der Waals surface area (Å²) < 4.78 is 12.5. The van der Waals surface area contributed by atoms with Gasteiger partial charge < -0.3 is 14.8 Å². The fraction of sp³-hybridized carbons (Fsp3) is 0.250. The molecule has 0 heterocycles. The number of benzene rings is 3. The monoisotopic (exact) mass is 507 g/mol. The van der Waals surface area contributed by atoms with Gasteiger partial charge in [-0.2, -0.15) is 0 Å². The topological polar surface area (TPSA) is 30.5 Å². The predicted octanol–water partition coefficient (Wildman–Crippen LogP) is 6.98. The number of hydrogen-bond acceptors (Lipinski definition) is 3. The van der Waals surface area contributed by atoms with Crippen molar-refractivity contribution in [1.82, 2.24) is 5.32 Å². The first-order valence-electron chi connectivity index (χ1n) is 9.65. The molecule has 3 aromatic carbocycles.